The fourth-order valence-electron chi connectivity index (χ4n) is 3.94. The predicted octanol–water partition coefficient (Wildman–Crippen LogP) is 4.14. The molecule has 0 saturated carbocycles. The summed E-state index contributed by atoms with van der Waals surface area (Å²) in [5.74, 6) is 2.58. The van der Waals surface area contributed by atoms with E-state index in [4.69, 9.17) is 9.47 Å². The van der Waals surface area contributed by atoms with Crippen LogP contribution in [-0.2, 0) is 26.1 Å². The second-order valence-corrected chi connectivity index (χ2v) is 7.88. The van der Waals surface area contributed by atoms with Crippen molar-refractivity contribution < 1.29 is 9.47 Å². The van der Waals surface area contributed by atoms with Gasteiger partial charge >= 0.3 is 0 Å². The van der Waals surface area contributed by atoms with Crippen molar-refractivity contribution >= 4 is 29.9 Å². The smallest absolute Gasteiger partial charge is 0.191 e. The van der Waals surface area contributed by atoms with Gasteiger partial charge in [-0.15, -0.1) is 24.0 Å². The Morgan fingerprint density at radius 1 is 1.15 bits per heavy atom. The fraction of sp³-hybridized carbons (Fsp3) is 0.360. The molecule has 1 atom stereocenters. The summed E-state index contributed by atoms with van der Waals surface area (Å²) in [7, 11) is 1.78. The molecule has 2 N–H and O–H groups in total. The van der Waals surface area contributed by atoms with Crippen molar-refractivity contribution in [2.45, 2.75) is 46.0 Å². The highest BCUT2D eigenvalue weighted by Gasteiger charge is 2.22. The van der Waals surface area contributed by atoms with Crippen molar-refractivity contribution in [3.63, 3.8) is 0 Å². The summed E-state index contributed by atoms with van der Waals surface area (Å²) in [5.41, 5.74) is 4.70. The van der Waals surface area contributed by atoms with E-state index in [2.05, 4.69) is 64.0 Å². The zero-order valence-corrected chi connectivity index (χ0v) is 21.7. The lowest BCUT2D eigenvalue weighted by Gasteiger charge is -2.16. The maximum absolute atomic E-state index is 5.94. The van der Waals surface area contributed by atoms with Gasteiger partial charge in [0.2, 0.25) is 0 Å². The van der Waals surface area contributed by atoms with E-state index in [-0.39, 0.29) is 30.1 Å². The minimum absolute atomic E-state index is 0. The Kier molecular flexibility index (Phi) is 8.99. The average molecular weight is 561 g/mol. The van der Waals surface area contributed by atoms with Crippen LogP contribution in [0.2, 0.25) is 0 Å². The summed E-state index contributed by atoms with van der Waals surface area (Å²) in [6.45, 7) is 6.72. The molecule has 2 aromatic carbocycles. The first-order valence-corrected chi connectivity index (χ1v) is 11.1. The standard InChI is InChI=1S/C25H31N5O2.HI/c1-4-31-23-13-21-12-18(2)32-24(21)14-22(23)16-28-25(26-3)27-15-19-8-5-6-9-20(19)17-30-11-7-10-29-30;/h5-11,13-14,18H,4,12,15-17H2,1-3H3,(H2,26,27,28);1H. The highest BCUT2D eigenvalue weighted by Crippen LogP contribution is 2.35. The molecule has 0 bridgehead atoms. The molecule has 1 unspecified atom stereocenters. The third-order valence-electron chi connectivity index (χ3n) is 5.51. The van der Waals surface area contributed by atoms with E-state index in [1.54, 1.807) is 13.2 Å². The lowest BCUT2D eigenvalue weighted by atomic mass is 10.1. The molecule has 1 aliphatic rings. The molecule has 33 heavy (non-hydrogen) atoms. The largest absolute Gasteiger partial charge is 0.494 e. The van der Waals surface area contributed by atoms with Gasteiger partial charge in [0, 0.05) is 50.1 Å². The van der Waals surface area contributed by atoms with Gasteiger partial charge in [-0.25, -0.2) is 0 Å². The van der Waals surface area contributed by atoms with E-state index in [0.717, 1.165) is 36.0 Å². The number of halogens is 1. The number of ether oxygens (including phenoxy) is 2. The first kappa shape index (κ1) is 24.9. The van der Waals surface area contributed by atoms with Gasteiger partial charge in [-0.2, -0.15) is 5.10 Å². The van der Waals surface area contributed by atoms with E-state index >= 15 is 0 Å². The normalized spacial score (nSPS) is 14.8. The van der Waals surface area contributed by atoms with Gasteiger partial charge in [0.05, 0.1) is 13.2 Å². The highest BCUT2D eigenvalue weighted by molar-refractivity contribution is 14.0. The van der Waals surface area contributed by atoms with Crippen molar-refractivity contribution in [1.29, 1.82) is 0 Å². The number of nitrogens with one attached hydrogen (secondary N) is 2. The molecule has 1 aromatic heterocycles. The number of fused-ring (bicyclic) bond motifs is 1. The number of hydrogen-bond donors (Lipinski definition) is 2. The monoisotopic (exact) mass is 561 g/mol. The quantitative estimate of drug-likeness (QED) is 0.246. The Hall–Kier alpha value is -2.75. The van der Waals surface area contributed by atoms with Gasteiger partial charge in [0.15, 0.2) is 5.96 Å². The van der Waals surface area contributed by atoms with E-state index in [0.29, 0.717) is 19.7 Å². The van der Waals surface area contributed by atoms with Crippen LogP contribution in [0.1, 0.15) is 36.1 Å². The zero-order valence-electron chi connectivity index (χ0n) is 19.4. The summed E-state index contributed by atoms with van der Waals surface area (Å²) in [4.78, 5) is 4.39. The first-order valence-electron chi connectivity index (χ1n) is 11.1. The van der Waals surface area contributed by atoms with Crippen LogP contribution in [0.15, 0.2) is 59.9 Å². The SMILES string of the molecule is CCOc1cc2c(cc1CNC(=NC)NCc1ccccc1Cn1cccn1)OC(C)C2.I. The average Bonchev–Trinajstić information content (AvgIpc) is 3.43. The number of guanidine groups is 1. The third kappa shape index (κ3) is 6.40. The van der Waals surface area contributed by atoms with E-state index in [9.17, 15) is 0 Å². The molecule has 0 fully saturated rings. The topological polar surface area (TPSA) is 72.7 Å². The Morgan fingerprint density at radius 3 is 2.61 bits per heavy atom. The van der Waals surface area contributed by atoms with Gasteiger partial charge in [-0.3, -0.25) is 9.67 Å². The molecule has 0 radical (unpaired) electrons. The summed E-state index contributed by atoms with van der Waals surface area (Å²) < 4.78 is 13.8. The van der Waals surface area contributed by atoms with Crippen LogP contribution in [0.4, 0.5) is 0 Å². The lowest BCUT2D eigenvalue weighted by molar-refractivity contribution is 0.254. The minimum atomic E-state index is 0. The fourth-order valence-corrected chi connectivity index (χ4v) is 3.94. The van der Waals surface area contributed by atoms with Crippen molar-refractivity contribution in [3.05, 3.63) is 77.1 Å². The molecule has 8 heteroatoms. The second kappa shape index (κ2) is 11.9. The van der Waals surface area contributed by atoms with Crippen molar-refractivity contribution in [2.24, 2.45) is 4.99 Å². The van der Waals surface area contributed by atoms with Gasteiger partial charge in [0.25, 0.3) is 0 Å². The van der Waals surface area contributed by atoms with Crippen LogP contribution >= 0.6 is 24.0 Å². The summed E-state index contributed by atoms with van der Waals surface area (Å²) in [6.07, 6.45) is 4.90. The molecule has 176 valence electrons. The molecular formula is C25H32IN5O2. The number of aromatic nitrogens is 2. The van der Waals surface area contributed by atoms with Gasteiger partial charge in [-0.05, 0) is 43.2 Å². The summed E-state index contributed by atoms with van der Waals surface area (Å²) in [5, 5.41) is 11.1. The van der Waals surface area contributed by atoms with E-state index in [1.165, 1.54) is 16.7 Å². The molecule has 2 heterocycles. The number of hydrogen-bond acceptors (Lipinski definition) is 4. The van der Waals surface area contributed by atoms with Crippen molar-refractivity contribution in [3.8, 4) is 11.5 Å². The third-order valence-corrected chi connectivity index (χ3v) is 5.51. The number of rotatable bonds is 8. The lowest BCUT2D eigenvalue weighted by Crippen LogP contribution is -2.36. The van der Waals surface area contributed by atoms with Gasteiger partial charge in [-0.1, -0.05) is 24.3 Å². The summed E-state index contributed by atoms with van der Waals surface area (Å²) >= 11 is 0. The van der Waals surface area contributed by atoms with Crippen LogP contribution in [0.3, 0.4) is 0 Å². The molecule has 7 nitrogen and oxygen atoms in total. The Morgan fingerprint density at radius 2 is 1.91 bits per heavy atom. The van der Waals surface area contributed by atoms with E-state index in [1.807, 2.05) is 23.9 Å². The Labute approximate surface area is 212 Å². The Balaban J connectivity index is 0.00000306. The molecular weight excluding hydrogens is 529 g/mol. The predicted molar refractivity (Wildman–Crippen MR) is 142 cm³/mol. The Bertz CT molecular complexity index is 1070. The molecule has 3 aromatic rings. The number of nitrogens with zero attached hydrogens (tertiary/aromatic N) is 3. The molecule has 1 aliphatic heterocycles. The van der Waals surface area contributed by atoms with Crippen LogP contribution in [0, 0.1) is 0 Å². The van der Waals surface area contributed by atoms with Crippen LogP contribution < -0.4 is 20.1 Å². The number of benzene rings is 2. The minimum Gasteiger partial charge on any atom is -0.494 e. The number of aliphatic imine (C=N–C) groups is 1. The van der Waals surface area contributed by atoms with Crippen LogP contribution in [0.25, 0.3) is 0 Å². The summed E-state index contributed by atoms with van der Waals surface area (Å²) in [6, 6.07) is 14.5. The molecule has 0 amide bonds. The second-order valence-electron chi connectivity index (χ2n) is 7.88. The first-order chi connectivity index (χ1) is 15.7. The molecule has 0 spiro atoms. The van der Waals surface area contributed by atoms with E-state index < -0.39 is 0 Å². The molecule has 4 rings (SSSR count). The van der Waals surface area contributed by atoms with Gasteiger partial charge in [0.1, 0.15) is 17.6 Å². The van der Waals surface area contributed by atoms with Crippen molar-refractivity contribution in [2.75, 3.05) is 13.7 Å². The highest BCUT2D eigenvalue weighted by atomic mass is 127. The zero-order chi connectivity index (χ0) is 22.3. The van der Waals surface area contributed by atoms with Gasteiger partial charge < -0.3 is 20.1 Å². The molecule has 0 saturated heterocycles. The van der Waals surface area contributed by atoms with Crippen LogP contribution in [-0.4, -0.2) is 35.5 Å². The van der Waals surface area contributed by atoms with Crippen molar-refractivity contribution in [1.82, 2.24) is 20.4 Å². The maximum atomic E-state index is 5.94. The molecule has 0 aliphatic carbocycles. The van der Waals surface area contributed by atoms with Crippen LogP contribution in [0.5, 0.6) is 11.5 Å². The maximum Gasteiger partial charge on any atom is 0.191 e.